The van der Waals surface area contributed by atoms with Crippen molar-refractivity contribution in [3.05, 3.63) is 46.8 Å². The van der Waals surface area contributed by atoms with Crippen LogP contribution in [0, 0.1) is 6.92 Å². The van der Waals surface area contributed by atoms with E-state index in [4.69, 9.17) is 9.26 Å². The first-order valence-electron chi connectivity index (χ1n) is 7.12. The highest BCUT2D eigenvalue weighted by molar-refractivity contribution is 5.43. The summed E-state index contributed by atoms with van der Waals surface area (Å²) < 4.78 is 11.0. The molecule has 2 aromatic rings. The van der Waals surface area contributed by atoms with Crippen LogP contribution in [0.2, 0.25) is 0 Å². The Morgan fingerprint density at radius 1 is 1.45 bits per heavy atom. The number of aromatic nitrogens is 1. The van der Waals surface area contributed by atoms with Crippen molar-refractivity contribution in [3.63, 3.8) is 0 Å². The van der Waals surface area contributed by atoms with Crippen molar-refractivity contribution in [3.8, 4) is 5.75 Å². The van der Waals surface area contributed by atoms with Gasteiger partial charge in [-0.3, -0.25) is 0 Å². The van der Waals surface area contributed by atoms with Gasteiger partial charge in [0.2, 0.25) is 0 Å². The second-order valence-corrected chi connectivity index (χ2v) is 5.27. The molecule has 1 aliphatic carbocycles. The smallest absolute Gasteiger partial charge is 0.134 e. The van der Waals surface area contributed by atoms with Crippen molar-refractivity contribution in [2.45, 2.75) is 38.8 Å². The first-order valence-corrected chi connectivity index (χ1v) is 7.12. The van der Waals surface area contributed by atoms with E-state index in [9.17, 15) is 0 Å². The summed E-state index contributed by atoms with van der Waals surface area (Å²) in [6.07, 6.45) is 3.47. The maximum absolute atomic E-state index is 5.95. The van der Waals surface area contributed by atoms with Crippen LogP contribution in [0.25, 0.3) is 0 Å². The molecule has 0 radical (unpaired) electrons. The van der Waals surface area contributed by atoms with Gasteiger partial charge in [0.25, 0.3) is 0 Å². The normalized spacial score (nSPS) is 17.8. The zero-order valence-electron chi connectivity index (χ0n) is 12.0. The molecule has 4 nitrogen and oxygen atoms in total. The van der Waals surface area contributed by atoms with Crippen LogP contribution in [-0.2, 0) is 13.0 Å². The minimum Gasteiger partial charge on any atom is -0.487 e. The number of rotatable bonds is 4. The molecule has 0 aliphatic heterocycles. The minimum atomic E-state index is 0.441. The lowest BCUT2D eigenvalue weighted by Crippen LogP contribution is -2.22. The molecule has 1 N–H and O–H groups in total. The van der Waals surface area contributed by atoms with Crippen molar-refractivity contribution >= 4 is 0 Å². The topological polar surface area (TPSA) is 47.3 Å². The maximum atomic E-state index is 5.95. The molecule has 0 amide bonds. The first-order chi connectivity index (χ1) is 9.78. The van der Waals surface area contributed by atoms with E-state index in [-0.39, 0.29) is 0 Å². The number of ether oxygens (including phenoxy) is 1. The molecule has 1 aromatic carbocycles. The molecule has 1 atom stereocenters. The van der Waals surface area contributed by atoms with E-state index < -0.39 is 0 Å². The summed E-state index contributed by atoms with van der Waals surface area (Å²) in [7, 11) is 2.02. The molecule has 0 saturated carbocycles. The lowest BCUT2D eigenvalue weighted by atomic mass is 9.87. The standard InChI is InChI=1S/C16H20N2O2/c1-11-9-12(18-20-11)10-19-16-8-4-5-13-14(16)6-3-7-15(13)17-2/h4-5,8-9,15,17H,3,6-7,10H2,1-2H3. The lowest BCUT2D eigenvalue weighted by Gasteiger charge is -2.26. The monoisotopic (exact) mass is 272 g/mol. The van der Waals surface area contributed by atoms with Gasteiger partial charge in [-0.1, -0.05) is 17.3 Å². The van der Waals surface area contributed by atoms with Gasteiger partial charge in [0, 0.05) is 12.1 Å². The van der Waals surface area contributed by atoms with E-state index in [0.29, 0.717) is 12.6 Å². The van der Waals surface area contributed by atoms with E-state index >= 15 is 0 Å². The number of benzene rings is 1. The Morgan fingerprint density at radius 3 is 3.10 bits per heavy atom. The van der Waals surface area contributed by atoms with Crippen molar-refractivity contribution in [2.24, 2.45) is 0 Å². The Morgan fingerprint density at radius 2 is 2.35 bits per heavy atom. The Labute approximate surface area is 119 Å². The fraction of sp³-hybridized carbons (Fsp3) is 0.438. The van der Waals surface area contributed by atoms with Crippen molar-refractivity contribution in [1.29, 1.82) is 0 Å². The largest absolute Gasteiger partial charge is 0.487 e. The minimum absolute atomic E-state index is 0.441. The molecule has 1 unspecified atom stereocenters. The van der Waals surface area contributed by atoms with Crippen LogP contribution in [0.15, 0.2) is 28.8 Å². The molecule has 0 saturated heterocycles. The summed E-state index contributed by atoms with van der Waals surface area (Å²) in [6.45, 7) is 2.34. The van der Waals surface area contributed by atoms with Gasteiger partial charge < -0.3 is 14.6 Å². The number of fused-ring (bicyclic) bond motifs is 1. The van der Waals surface area contributed by atoms with Gasteiger partial charge in [-0.2, -0.15) is 0 Å². The first kappa shape index (κ1) is 13.2. The quantitative estimate of drug-likeness (QED) is 0.928. The fourth-order valence-electron chi connectivity index (χ4n) is 2.89. The molecular formula is C16H20N2O2. The highest BCUT2D eigenvalue weighted by Gasteiger charge is 2.21. The van der Waals surface area contributed by atoms with Crippen LogP contribution in [0.3, 0.4) is 0 Å². The van der Waals surface area contributed by atoms with Crippen LogP contribution < -0.4 is 10.1 Å². The van der Waals surface area contributed by atoms with Crippen molar-refractivity contribution in [1.82, 2.24) is 10.5 Å². The second-order valence-electron chi connectivity index (χ2n) is 5.27. The van der Waals surface area contributed by atoms with Gasteiger partial charge in [-0.05, 0) is 50.4 Å². The van der Waals surface area contributed by atoms with Gasteiger partial charge in [-0.15, -0.1) is 0 Å². The molecule has 0 spiro atoms. The van der Waals surface area contributed by atoms with Crippen LogP contribution in [-0.4, -0.2) is 12.2 Å². The molecule has 1 aliphatic rings. The number of aryl methyl sites for hydroxylation is 1. The van der Waals surface area contributed by atoms with Crippen LogP contribution in [0.4, 0.5) is 0 Å². The van der Waals surface area contributed by atoms with Crippen LogP contribution >= 0.6 is 0 Å². The number of hydrogen-bond acceptors (Lipinski definition) is 4. The predicted octanol–water partition coefficient (Wildman–Crippen LogP) is 3.16. The molecule has 20 heavy (non-hydrogen) atoms. The lowest BCUT2D eigenvalue weighted by molar-refractivity contribution is 0.283. The van der Waals surface area contributed by atoms with Gasteiger partial charge in [0.15, 0.2) is 0 Å². The molecular weight excluding hydrogens is 252 g/mol. The SMILES string of the molecule is CNC1CCCc2c(OCc3cc(C)on3)cccc21. The third-order valence-corrected chi connectivity index (χ3v) is 3.87. The number of hydrogen-bond donors (Lipinski definition) is 1. The van der Waals surface area contributed by atoms with Gasteiger partial charge in [0.1, 0.15) is 23.8 Å². The zero-order chi connectivity index (χ0) is 13.9. The molecule has 1 aromatic heterocycles. The second kappa shape index (κ2) is 5.67. The summed E-state index contributed by atoms with van der Waals surface area (Å²) in [5, 5.41) is 7.34. The van der Waals surface area contributed by atoms with Gasteiger partial charge in [0.05, 0.1) is 0 Å². The molecule has 0 bridgehead atoms. The van der Waals surface area contributed by atoms with E-state index in [2.05, 4.69) is 22.6 Å². The highest BCUT2D eigenvalue weighted by Crippen LogP contribution is 2.35. The average molecular weight is 272 g/mol. The molecule has 3 rings (SSSR count). The van der Waals surface area contributed by atoms with Crippen molar-refractivity contribution in [2.75, 3.05) is 7.05 Å². The molecule has 0 fully saturated rings. The molecule has 106 valence electrons. The van der Waals surface area contributed by atoms with E-state index in [1.54, 1.807) is 0 Å². The van der Waals surface area contributed by atoms with E-state index in [1.165, 1.54) is 24.0 Å². The average Bonchev–Trinajstić information content (AvgIpc) is 2.90. The number of nitrogens with zero attached hydrogens (tertiary/aromatic N) is 1. The summed E-state index contributed by atoms with van der Waals surface area (Å²) in [6, 6.07) is 8.66. The van der Waals surface area contributed by atoms with Crippen molar-refractivity contribution < 1.29 is 9.26 Å². The van der Waals surface area contributed by atoms with E-state index in [0.717, 1.165) is 23.6 Å². The summed E-state index contributed by atoms with van der Waals surface area (Å²) in [5.41, 5.74) is 3.53. The Balaban J connectivity index is 1.80. The maximum Gasteiger partial charge on any atom is 0.134 e. The molecule has 4 heteroatoms. The zero-order valence-corrected chi connectivity index (χ0v) is 12.0. The summed E-state index contributed by atoms with van der Waals surface area (Å²) in [4.78, 5) is 0. The third-order valence-electron chi connectivity index (χ3n) is 3.87. The predicted molar refractivity (Wildman–Crippen MR) is 76.8 cm³/mol. The van der Waals surface area contributed by atoms with Gasteiger partial charge in [-0.25, -0.2) is 0 Å². The summed E-state index contributed by atoms with van der Waals surface area (Å²) in [5.74, 6) is 1.79. The van der Waals surface area contributed by atoms with E-state index in [1.807, 2.05) is 26.1 Å². The highest BCUT2D eigenvalue weighted by atomic mass is 16.5. The Kier molecular flexibility index (Phi) is 3.74. The number of nitrogens with one attached hydrogen (secondary N) is 1. The summed E-state index contributed by atoms with van der Waals surface area (Å²) >= 11 is 0. The Bertz CT molecular complexity index is 592. The van der Waals surface area contributed by atoms with Gasteiger partial charge >= 0.3 is 0 Å². The molecule has 1 heterocycles. The third kappa shape index (κ3) is 2.56. The van der Waals surface area contributed by atoms with Crippen LogP contribution in [0.5, 0.6) is 5.75 Å². The Hall–Kier alpha value is -1.81. The fourth-order valence-corrected chi connectivity index (χ4v) is 2.89. The van der Waals surface area contributed by atoms with Crippen LogP contribution in [0.1, 0.15) is 41.5 Å².